The molecular formula is C14H17NS. The van der Waals surface area contributed by atoms with E-state index in [4.69, 9.17) is 0 Å². The van der Waals surface area contributed by atoms with Gasteiger partial charge in [-0.2, -0.15) is 0 Å². The first-order valence-corrected chi connectivity index (χ1v) is 6.54. The van der Waals surface area contributed by atoms with Crippen molar-refractivity contribution >= 4 is 11.3 Å². The summed E-state index contributed by atoms with van der Waals surface area (Å²) in [6.07, 6.45) is 0. The second-order valence-corrected chi connectivity index (χ2v) is 4.95. The van der Waals surface area contributed by atoms with E-state index >= 15 is 0 Å². The van der Waals surface area contributed by atoms with Gasteiger partial charge in [0.05, 0.1) is 0 Å². The smallest absolute Gasteiger partial charge is 0.0211 e. The van der Waals surface area contributed by atoms with Crippen LogP contribution in [0.5, 0.6) is 0 Å². The average molecular weight is 231 g/mol. The zero-order valence-corrected chi connectivity index (χ0v) is 10.6. The van der Waals surface area contributed by atoms with E-state index in [1.165, 1.54) is 21.6 Å². The predicted molar refractivity (Wildman–Crippen MR) is 71.9 cm³/mol. The third-order valence-electron chi connectivity index (χ3n) is 2.73. The second kappa shape index (κ2) is 5.28. The molecular weight excluding hydrogens is 214 g/mol. The molecule has 0 aliphatic carbocycles. The van der Waals surface area contributed by atoms with Gasteiger partial charge in [0, 0.05) is 11.4 Å². The van der Waals surface area contributed by atoms with Crippen molar-refractivity contribution in [3.8, 4) is 11.1 Å². The Hall–Kier alpha value is -1.12. The van der Waals surface area contributed by atoms with Crippen molar-refractivity contribution in [1.82, 2.24) is 5.32 Å². The average Bonchev–Trinajstić information content (AvgIpc) is 2.73. The maximum atomic E-state index is 3.39. The Morgan fingerprint density at radius 1 is 1.12 bits per heavy atom. The van der Waals surface area contributed by atoms with Gasteiger partial charge < -0.3 is 5.32 Å². The van der Waals surface area contributed by atoms with E-state index in [0.29, 0.717) is 0 Å². The highest BCUT2D eigenvalue weighted by Crippen LogP contribution is 2.30. The van der Waals surface area contributed by atoms with Crippen LogP contribution in [0.1, 0.15) is 17.4 Å². The Morgan fingerprint density at radius 2 is 1.94 bits per heavy atom. The first kappa shape index (κ1) is 11.4. The van der Waals surface area contributed by atoms with Crippen LogP contribution in [0.2, 0.25) is 0 Å². The maximum Gasteiger partial charge on any atom is 0.0211 e. The first-order valence-electron chi connectivity index (χ1n) is 5.66. The van der Waals surface area contributed by atoms with Gasteiger partial charge in [-0.25, -0.2) is 0 Å². The van der Waals surface area contributed by atoms with E-state index in [1.807, 2.05) is 11.3 Å². The van der Waals surface area contributed by atoms with E-state index in [9.17, 15) is 0 Å². The molecule has 1 aromatic heterocycles. The van der Waals surface area contributed by atoms with E-state index in [2.05, 4.69) is 54.9 Å². The lowest BCUT2D eigenvalue weighted by atomic mass is 10.0. The van der Waals surface area contributed by atoms with Crippen molar-refractivity contribution < 1.29 is 0 Å². The summed E-state index contributed by atoms with van der Waals surface area (Å²) in [5.74, 6) is 0. The van der Waals surface area contributed by atoms with Gasteiger partial charge in [0.1, 0.15) is 0 Å². The molecule has 0 fully saturated rings. The topological polar surface area (TPSA) is 12.0 Å². The number of nitrogens with one attached hydrogen (secondary N) is 1. The van der Waals surface area contributed by atoms with E-state index in [1.54, 1.807) is 0 Å². The lowest BCUT2D eigenvalue weighted by Gasteiger charge is -2.09. The van der Waals surface area contributed by atoms with Crippen LogP contribution in [0.3, 0.4) is 0 Å². The summed E-state index contributed by atoms with van der Waals surface area (Å²) in [5.41, 5.74) is 4.12. The van der Waals surface area contributed by atoms with Gasteiger partial charge in [-0.3, -0.25) is 0 Å². The number of hydrogen-bond acceptors (Lipinski definition) is 2. The summed E-state index contributed by atoms with van der Waals surface area (Å²) in [6.45, 7) is 6.28. The molecule has 1 aromatic carbocycles. The molecule has 2 aromatic rings. The lowest BCUT2D eigenvalue weighted by Crippen LogP contribution is -2.12. The molecule has 1 heterocycles. The molecule has 0 atom stereocenters. The third-order valence-corrected chi connectivity index (χ3v) is 3.58. The van der Waals surface area contributed by atoms with E-state index in [0.717, 1.165) is 13.1 Å². The Kier molecular flexibility index (Phi) is 3.75. The number of hydrogen-bond donors (Lipinski definition) is 1. The fraction of sp³-hybridized carbons (Fsp3) is 0.286. The van der Waals surface area contributed by atoms with Gasteiger partial charge in [-0.15, -0.1) is 11.3 Å². The van der Waals surface area contributed by atoms with Crippen LogP contribution in [-0.2, 0) is 6.54 Å². The zero-order valence-electron chi connectivity index (χ0n) is 9.79. The van der Waals surface area contributed by atoms with Crippen LogP contribution in [0.15, 0.2) is 35.7 Å². The molecule has 0 bridgehead atoms. The van der Waals surface area contributed by atoms with Crippen LogP contribution in [0.4, 0.5) is 0 Å². The fourth-order valence-corrected chi connectivity index (χ4v) is 2.57. The van der Waals surface area contributed by atoms with E-state index in [-0.39, 0.29) is 0 Å². The first-order chi connectivity index (χ1) is 7.83. The molecule has 0 saturated heterocycles. The van der Waals surface area contributed by atoms with Crippen molar-refractivity contribution in [3.05, 3.63) is 46.2 Å². The monoisotopic (exact) mass is 231 g/mol. The fourth-order valence-electron chi connectivity index (χ4n) is 1.86. The van der Waals surface area contributed by atoms with Crippen molar-refractivity contribution in [2.45, 2.75) is 20.4 Å². The summed E-state index contributed by atoms with van der Waals surface area (Å²) >= 11 is 1.81. The van der Waals surface area contributed by atoms with Crippen molar-refractivity contribution in [3.63, 3.8) is 0 Å². The Labute approximate surface area is 101 Å². The van der Waals surface area contributed by atoms with Gasteiger partial charge in [-0.05, 0) is 41.6 Å². The lowest BCUT2D eigenvalue weighted by molar-refractivity contribution is 0.728. The SMILES string of the molecule is CCNCc1ccccc1-c1ccsc1C. The quantitative estimate of drug-likeness (QED) is 0.843. The molecule has 0 saturated carbocycles. The molecule has 0 spiro atoms. The maximum absolute atomic E-state index is 3.39. The number of benzene rings is 1. The second-order valence-electron chi connectivity index (χ2n) is 3.83. The van der Waals surface area contributed by atoms with Crippen LogP contribution < -0.4 is 5.32 Å². The van der Waals surface area contributed by atoms with Gasteiger partial charge in [0.2, 0.25) is 0 Å². The summed E-state index contributed by atoms with van der Waals surface area (Å²) < 4.78 is 0. The minimum Gasteiger partial charge on any atom is -0.313 e. The Bertz CT molecular complexity index is 459. The Balaban J connectivity index is 2.37. The van der Waals surface area contributed by atoms with E-state index < -0.39 is 0 Å². The van der Waals surface area contributed by atoms with Crippen molar-refractivity contribution in [1.29, 1.82) is 0 Å². The number of aryl methyl sites for hydroxylation is 1. The molecule has 0 radical (unpaired) electrons. The molecule has 84 valence electrons. The molecule has 0 unspecified atom stereocenters. The van der Waals surface area contributed by atoms with Gasteiger partial charge in [0.15, 0.2) is 0 Å². The van der Waals surface area contributed by atoms with Crippen LogP contribution in [-0.4, -0.2) is 6.54 Å². The third kappa shape index (κ3) is 2.34. The standard InChI is InChI=1S/C14H17NS/c1-3-15-10-12-6-4-5-7-14(12)13-8-9-16-11(13)2/h4-9,15H,3,10H2,1-2H3. The summed E-state index contributed by atoms with van der Waals surface area (Å²) in [4.78, 5) is 1.39. The molecule has 1 N–H and O–H groups in total. The van der Waals surface area contributed by atoms with Crippen molar-refractivity contribution in [2.24, 2.45) is 0 Å². The Morgan fingerprint density at radius 3 is 2.62 bits per heavy atom. The van der Waals surface area contributed by atoms with Crippen LogP contribution in [0.25, 0.3) is 11.1 Å². The summed E-state index contributed by atoms with van der Waals surface area (Å²) in [6, 6.07) is 10.8. The molecule has 2 heteroatoms. The molecule has 0 aliphatic rings. The molecule has 2 rings (SSSR count). The largest absolute Gasteiger partial charge is 0.313 e. The van der Waals surface area contributed by atoms with Crippen LogP contribution in [0, 0.1) is 6.92 Å². The number of rotatable bonds is 4. The zero-order chi connectivity index (χ0) is 11.4. The normalized spacial score (nSPS) is 10.6. The molecule has 16 heavy (non-hydrogen) atoms. The molecule has 1 nitrogen and oxygen atoms in total. The number of thiophene rings is 1. The highest BCUT2D eigenvalue weighted by atomic mass is 32.1. The summed E-state index contributed by atoms with van der Waals surface area (Å²) in [5, 5.41) is 5.55. The minimum atomic E-state index is 0.946. The molecule has 0 amide bonds. The highest BCUT2D eigenvalue weighted by molar-refractivity contribution is 7.10. The highest BCUT2D eigenvalue weighted by Gasteiger charge is 2.07. The minimum absolute atomic E-state index is 0.946. The van der Waals surface area contributed by atoms with Gasteiger partial charge >= 0.3 is 0 Å². The van der Waals surface area contributed by atoms with Crippen molar-refractivity contribution in [2.75, 3.05) is 6.54 Å². The van der Waals surface area contributed by atoms with Gasteiger partial charge in [0.25, 0.3) is 0 Å². The predicted octanol–water partition coefficient (Wildman–Crippen LogP) is 3.83. The van der Waals surface area contributed by atoms with Gasteiger partial charge in [-0.1, -0.05) is 31.2 Å². The van der Waals surface area contributed by atoms with Crippen LogP contribution >= 0.6 is 11.3 Å². The molecule has 0 aliphatic heterocycles. The summed E-state index contributed by atoms with van der Waals surface area (Å²) in [7, 11) is 0.